The first kappa shape index (κ1) is 9.01. The zero-order valence-corrected chi connectivity index (χ0v) is 6.92. The molecule has 0 unspecified atom stereocenters. The molecule has 4 heavy (non-hydrogen) atoms. The SMILES string of the molecule is [BH2][Fe].[SiH3][Fe]. The van der Waals surface area contributed by atoms with E-state index in [9.17, 15) is 0 Å². The third-order valence-corrected chi connectivity index (χ3v) is 0. The van der Waals surface area contributed by atoms with E-state index in [-0.39, 0.29) is 0 Å². The van der Waals surface area contributed by atoms with Crippen molar-refractivity contribution in [3.8, 4) is 0 Å². The Balaban J connectivity index is 0. The van der Waals surface area contributed by atoms with Gasteiger partial charge in [-0.3, -0.25) is 0 Å². The molecule has 0 heterocycles. The Labute approximate surface area is 46.9 Å². The average molecular weight is 156 g/mol. The molecule has 0 aromatic carbocycles. The van der Waals surface area contributed by atoms with Crippen molar-refractivity contribution in [2.24, 2.45) is 0 Å². The molecule has 0 aliphatic carbocycles. The van der Waals surface area contributed by atoms with Crippen LogP contribution in [-0.4, -0.2) is 15.5 Å². The van der Waals surface area contributed by atoms with Crippen molar-refractivity contribution in [2.45, 2.75) is 0 Å². The van der Waals surface area contributed by atoms with Gasteiger partial charge in [-0.2, -0.15) is 0 Å². The standard InChI is InChI=1S/BH2.2Fe.H3Si/h1H2;;;1H3/q+1;;-1;. The first-order valence-corrected chi connectivity index (χ1v) is 5.83. The van der Waals surface area contributed by atoms with Gasteiger partial charge in [0.15, 0.2) is 0 Å². The molecule has 0 atom stereocenters. The molecule has 0 N–H and O–H groups in total. The molecule has 0 aromatic heterocycles. The van der Waals surface area contributed by atoms with E-state index in [0.29, 0.717) is 0 Å². The maximum absolute atomic E-state index is 3.39. The van der Waals surface area contributed by atoms with E-state index < -0.39 is 0 Å². The molecular weight excluding hydrogens is 151 g/mol. The second-order valence-corrected chi connectivity index (χ2v) is 0. The molecule has 4 heteroatoms. The van der Waals surface area contributed by atoms with Gasteiger partial charge >= 0.3 is 46.7 Å². The summed E-state index contributed by atoms with van der Waals surface area (Å²) in [5.41, 5.74) is 0. The molecule has 0 radical (unpaired) electrons. The molecule has 28 valence electrons. The molecule has 0 aliphatic heterocycles. The minimum atomic E-state index is 1.06. The van der Waals surface area contributed by atoms with Crippen LogP contribution in [0.15, 0.2) is 0 Å². The molecule has 0 aliphatic rings. The second-order valence-electron chi connectivity index (χ2n) is 0. The molecule has 0 saturated carbocycles. The van der Waals surface area contributed by atoms with E-state index in [2.05, 4.69) is 31.2 Å². The van der Waals surface area contributed by atoms with Crippen molar-refractivity contribution >= 4 is 15.5 Å². The molecular formula is H5BFe2Si. The Morgan fingerprint density at radius 2 is 1.25 bits per heavy atom. The summed E-state index contributed by atoms with van der Waals surface area (Å²) in [6.45, 7) is 1.75. The first-order valence-electron chi connectivity index (χ1n) is 0.707. The number of hydrogen-bond donors (Lipinski definition) is 0. The van der Waals surface area contributed by atoms with Crippen LogP contribution in [-0.2, 0) is 31.2 Å². The molecule has 0 aromatic rings. The zero-order chi connectivity index (χ0) is 4.00. The van der Waals surface area contributed by atoms with Crippen LogP contribution in [0.4, 0.5) is 0 Å². The van der Waals surface area contributed by atoms with Crippen molar-refractivity contribution < 1.29 is 31.2 Å². The van der Waals surface area contributed by atoms with E-state index in [1.165, 1.54) is 0 Å². The Hall–Kier alpha value is 1.32. The fraction of sp³-hybridized carbons (Fsp3) is 0. The summed E-state index contributed by atoms with van der Waals surface area (Å²) < 4.78 is 0. The van der Waals surface area contributed by atoms with Crippen LogP contribution in [0.3, 0.4) is 0 Å². The van der Waals surface area contributed by atoms with Gasteiger partial charge in [0, 0.05) is 0 Å². The molecule has 0 spiro atoms. The van der Waals surface area contributed by atoms with Crippen LogP contribution in [0.2, 0.25) is 0 Å². The van der Waals surface area contributed by atoms with Gasteiger partial charge < -0.3 is 0 Å². The normalized spacial score (nSPS) is 3.50. The molecule has 0 saturated heterocycles. The topological polar surface area (TPSA) is 0 Å². The Kier molecular flexibility index (Phi) is 61.5. The summed E-state index contributed by atoms with van der Waals surface area (Å²) in [6, 6.07) is 0. The van der Waals surface area contributed by atoms with E-state index >= 15 is 0 Å². The average Bonchev–Trinajstić information content (AvgIpc) is 1.50. The van der Waals surface area contributed by atoms with Gasteiger partial charge in [-0.05, 0) is 0 Å². The fourth-order valence-electron chi connectivity index (χ4n) is 0. The Morgan fingerprint density at radius 3 is 1.25 bits per heavy atom. The van der Waals surface area contributed by atoms with Gasteiger partial charge in [-0.15, -0.1) is 0 Å². The van der Waals surface area contributed by atoms with Gasteiger partial charge in [0.05, 0.1) is 0 Å². The van der Waals surface area contributed by atoms with E-state index in [1.807, 2.05) is 0 Å². The molecule has 0 amide bonds. The van der Waals surface area contributed by atoms with Crippen LogP contribution in [0.5, 0.6) is 0 Å². The summed E-state index contributed by atoms with van der Waals surface area (Å²) >= 11 is 6.64. The van der Waals surface area contributed by atoms with Crippen molar-refractivity contribution in [1.29, 1.82) is 0 Å². The number of hydrogen-bond acceptors (Lipinski definition) is 0. The number of rotatable bonds is 0. The third kappa shape index (κ3) is 10.3. The zero-order valence-electron chi connectivity index (χ0n) is 2.71. The molecule has 0 bridgehead atoms. The third-order valence-electron chi connectivity index (χ3n) is 0. The summed E-state index contributed by atoms with van der Waals surface area (Å²) in [7, 11) is 1.06. The van der Waals surface area contributed by atoms with Crippen LogP contribution in [0.1, 0.15) is 0 Å². The van der Waals surface area contributed by atoms with E-state index in [1.54, 1.807) is 6.66 Å². The fourth-order valence-corrected chi connectivity index (χ4v) is 0. The second kappa shape index (κ2) is 27.3. The Morgan fingerprint density at radius 1 is 1.25 bits per heavy atom. The van der Waals surface area contributed by atoms with Crippen LogP contribution in [0, 0.1) is 0 Å². The van der Waals surface area contributed by atoms with Crippen molar-refractivity contribution in [1.82, 2.24) is 0 Å². The van der Waals surface area contributed by atoms with Gasteiger partial charge in [-0.25, -0.2) is 0 Å². The quantitative estimate of drug-likeness (QED) is 0.352. The first-order chi connectivity index (χ1) is 2.00. The van der Waals surface area contributed by atoms with Crippen LogP contribution < -0.4 is 0 Å². The van der Waals surface area contributed by atoms with E-state index in [0.717, 1.165) is 8.85 Å². The van der Waals surface area contributed by atoms with Gasteiger partial charge in [-0.1, -0.05) is 0 Å². The van der Waals surface area contributed by atoms with Crippen LogP contribution >= 0.6 is 0 Å². The predicted molar refractivity (Wildman–Crippen MR) is 18.5 cm³/mol. The summed E-state index contributed by atoms with van der Waals surface area (Å²) in [6.07, 6.45) is 0. The molecule has 0 nitrogen and oxygen atoms in total. The monoisotopic (exact) mass is 156 g/mol. The van der Waals surface area contributed by atoms with Crippen molar-refractivity contribution in [2.75, 3.05) is 0 Å². The summed E-state index contributed by atoms with van der Waals surface area (Å²) in [5.74, 6) is 0. The summed E-state index contributed by atoms with van der Waals surface area (Å²) in [4.78, 5) is 0. The summed E-state index contributed by atoms with van der Waals surface area (Å²) in [5, 5.41) is 0. The minimum absolute atomic E-state index is 1.06. The van der Waals surface area contributed by atoms with Crippen molar-refractivity contribution in [3.05, 3.63) is 0 Å². The predicted octanol–water partition coefficient (Wildman–Crippen LogP) is -2.11. The molecule has 0 rings (SSSR count). The maximum atomic E-state index is 3.39. The van der Waals surface area contributed by atoms with Gasteiger partial charge in [0.25, 0.3) is 0 Å². The van der Waals surface area contributed by atoms with Gasteiger partial charge in [0.2, 0.25) is 0 Å². The van der Waals surface area contributed by atoms with Gasteiger partial charge in [0.1, 0.15) is 0 Å². The molecule has 0 fully saturated rings. The van der Waals surface area contributed by atoms with Crippen LogP contribution in [0.25, 0.3) is 0 Å². The van der Waals surface area contributed by atoms with Crippen molar-refractivity contribution in [3.63, 3.8) is 0 Å². The Bertz CT molecular complexity index is 6.00. The van der Waals surface area contributed by atoms with E-state index in [4.69, 9.17) is 0 Å².